The highest BCUT2D eigenvalue weighted by Gasteiger charge is 2.19. The number of rotatable bonds is 6. The standard InChI is InChI=1S/C15H20O3/c1-11(2)14(15(16)17)6-4-5-12-7-9-13(18-3)10-8-12/h4-5,7-11,14H,6H2,1-3H3,(H,16,17)/b5-4+. The Labute approximate surface area is 108 Å². The number of ether oxygens (including phenoxy) is 1. The van der Waals surface area contributed by atoms with Gasteiger partial charge in [0.2, 0.25) is 0 Å². The Bertz CT molecular complexity index is 404. The lowest BCUT2D eigenvalue weighted by molar-refractivity contribution is -0.143. The first-order chi connectivity index (χ1) is 8.54. The third kappa shape index (κ3) is 4.24. The van der Waals surface area contributed by atoms with Gasteiger partial charge in [0.15, 0.2) is 0 Å². The summed E-state index contributed by atoms with van der Waals surface area (Å²) in [5, 5.41) is 9.06. The van der Waals surface area contributed by atoms with Gasteiger partial charge in [-0.3, -0.25) is 4.79 Å². The molecule has 1 rings (SSSR count). The zero-order valence-corrected chi connectivity index (χ0v) is 11.1. The van der Waals surface area contributed by atoms with Crippen LogP contribution >= 0.6 is 0 Å². The Morgan fingerprint density at radius 1 is 1.33 bits per heavy atom. The van der Waals surface area contributed by atoms with Gasteiger partial charge in [0, 0.05) is 0 Å². The van der Waals surface area contributed by atoms with Gasteiger partial charge in [-0.15, -0.1) is 0 Å². The fourth-order valence-corrected chi connectivity index (χ4v) is 1.72. The average Bonchev–Trinajstić information content (AvgIpc) is 2.34. The summed E-state index contributed by atoms with van der Waals surface area (Å²) in [5.41, 5.74) is 1.05. The molecule has 0 aliphatic carbocycles. The van der Waals surface area contributed by atoms with Crippen molar-refractivity contribution < 1.29 is 14.6 Å². The second-order valence-electron chi connectivity index (χ2n) is 4.60. The van der Waals surface area contributed by atoms with Crippen molar-refractivity contribution in [2.24, 2.45) is 11.8 Å². The smallest absolute Gasteiger partial charge is 0.307 e. The van der Waals surface area contributed by atoms with Crippen molar-refractivity contribution in [1.82, 2.24) is 0 Å². The molecule has 0 amide bonds. The number of carboxylic acid groups (broad SMARTS) is 1. The number of carboxylic acids is 1. The van der Waals surface area contributed by atoms with Crippen LogP contribution in [0.3, 0.4) is 0 Å². The van der Waals surface area contributed by atoms with E-state index in [0.717, 1.165) is 11.3 Å². The molecule has 1 N–H and O–H groups in total. The fraction of sp³-hybridized carbons (Fsp3) is 0.400. The van der Waals surface area contributed by atoms with Crippen LogP contribution in [0.15, 0.2) is 30.3 Å². The Morgan fingerprint density at radius 3 is 2.39 bits per heavy atom. The molecule has 98 valence electrons. The first-order valence-electron chi connectivity index (χ1n) is 6.08. The Kier molecular flexibility index (Phi) is 5.43. The maximum absolute atomic E-state index is 11.0. The van der Waals surface area contributed by atoms with Gasteiger partial charge in [0.05, 0.1) is 13.0 Å². The molecule has 1 aromatic carbocycles. The molecular formula is C15H20O3. The van der Waals surface area contributed by atoms with Crippen LogP contribution in [-0.2, 0) is 4.79 Å². The van der Waals surface area contributed by atoms with Crippen molar-refractivity contribution in [3.8, 4) is 5.75 Å². The van der Waals surface area contributed by atoms with Gasteiger partial charge in [-0.05, 0) is 30.0 Å². The summed E-state index contributed by atoms with van der Waals surface area (Å²) < 4.78 is 5.07. The molecule has 3 nitrogen and oxygen atoms in total. The van der Waals surface area contributed by atoms with E-state index in [0.29, 0.717) is 6.42 Å². The van der Waals surface area contributed by atoms with E-state index in [9.17, 15) is 4.79 Å². The molecule has 3 heteroatoms. The minimum Gasteiger partial charge on any atom is -0.497 e. The molecule has 1 unspecified atom stereocenters. The second-order valence-corrected chi connectivity index (χ2v) is 4.60. The SMILES string of the molecule is COc1ccc(/C=C/CC(C(=O)O)C(C)C)cc1. The van der Waals surface area contributed by atoms with Crippen LogP contribution in [0.25, 0.3) is 6.08 Å². The van der Waals surface area contributed by atoms with E-state index in [1.807, 2.05) is 50.3 Å². The molecule has 0 bridgehead atoms. The zero-order chi connectivity index (χ0) is 13.5. The van der Waals surface area contributed by atoms with Gasteiger partial charge in [-0.2, -0.15) is 0 Å². The summed E-state index contributed by atoms with van der Waals surface area (Å²) in [7, 11) is 1.63. The highest BCUT2D eigenvalue weighted by Crippen LogP contribution is 2.18. The van der Waals surface area contributed by atoms with Crippen LogP contribution in [0, 0.1) is 11.8 Å². The third-order valence-electron chi connectivity index (χ3n) is 2.94. The van der Waals surface area contributed by atoms with E-state index >= 15 is 0 Å². The van der Waals surface area contributed by atoms with Crippen LogP contribution in [0.2, 0.25) is 0 Å². The molecule has 0 saturated carbocycles. The van der Waals surface area contributed by atoms with Gasteiger partial charge in [-0.1, -0.05) is 38.1 Å². The summed E-state index contributed by atoms with van der Waals surface area (Å²) in [6.45, 7) is 3.86. The molecular weight excluding hydrogens is 228 g/mol. The van der Waals surface area contributed by atoms with Crippen molar-refractivity contribution >= 4 is 12.0 Å². The predicted octanol–water partition coefficient (Wildman–Crippen LogP) is 3.46. The number of carbonyl (C=O) groups is 1. The lowest BCUT2D eigenvalue weighted by Gasteiger charge is -2.13. The Hall–Kier alpha value is -1.77. The molecule has 0 fully saturated rings. The van der Waals surface area contributed by atoms with Gasteiger partial charge < -0.3 is 9.84 Å². The van der Waals surface area contributed by atoms with Crippen molar-refractivity contribution in [1.29, 1.82) is 0 Å². The van der Waals surface area contributed by atoms with Crippen LogP contribution in [0.5, 0.6) is 5.75 Å². The highest BCUT2D eigenvalue weighted by molar-refractivity contribution is 5.70. The minimum absolute atomic E-state index is 0.142. The van der Waals surface area contributed by atoms with E-state index in [4.69, 9.17) is 9.84 Å². The van der Waals surface area contributed by atoms with Crippen molar-refractivity contribution in [3.05, 3.63) is 35.9 Å². The van der Waals surface area contributed by atoms with Crippen molar-refractivity contribution in [2.75, 3.05) is 7.11 Å². The van der Waals surface area contributed by atoms with Gasteiger partial charge >= 0.3 is 5.97 Å². The normalized spacial score (nSPS) is 12.9. The molecule has 0 heterocycles. The third-order valence-corrected chi connectivity index (χ3v) is 2.94. The van der Waals surface area contributed by atoms with E-state index in [2.05, 4.69) is 0 Å². The van der Waals surface area contributed by atoms with Gasteiger partial charge in [0.25, 0.3) is 0 Å². The Morgan fingerprint density at radius 2 is 1.94 bits per heavy atom. The zero-order valence-electron chi connectivity index (χ0n) is 11.1. The summed E-state index contributed by atoms with van der Waals surface area (Å²) in [6, 6.07) is 7.66. The fourth-order valence-electron chi connectivity index (χ4n) is 1.72. The number of aliphatic carboxylic acids is 1. The number of hydrogen-bond acceptors (Lipinski definition) is 2. The predicted molar refractivity (Wildman–Crippen MR) is 72.6 cm³/mol. The number of methoxy groups -OCH3 is 1. The van der Waals surface area contributed by atoms with E-state index in [1.165, 1.54) is 0 Å². The first-order valence-corrected chi connectivity index (χ1v) is 6.08. The average molecular weight is 248 g/mol. The monoisotopic (exact) mass is 248 g/mol. The van der Waals surface area contributed by atoms with Gasteiger partial charge in [-0.25, -0.2) is 0 Å². The van der Waals surface area contributed by atoms with Crippen LogP contribution in [0.4, 0.5) is 0 Å². The molecule has 0 radical (unpaired) electrons. The molecule has 18 heavy (non-hydrogen) atoms. The molecule has 0 saturated heterocycles. The minimum atomic E-state index is -0.732. The largest absolute Gasteiger partial charge is 0.497 e. The van der Waals surface area contributed by atoms with Crippen LogP contribution in [0.1, 0.15) is 25.8 Å². The van der Waals surface area contributed by atoms with Crippen LogP contribution < -0.4 is 4.74 Å². The maximum Gasteiger partial charge on any atom is 0.307 e. The molecule has 1 atom stereocenters. The summed E-state index contributed by atoms with van der Waals surface area (Å²) in [5.74, 6) is -0.0929. The first kappa shape index (κ1) is 14.3. The van der Waals surface area contributed by atoms with Crippen molar-refractivity contribution in [3.63, 3.8) is 0 Å². The van der Waals surface area contributed by atoms with E-state index in [-0.39, 0.29) is 11.8 Å². The lowest BCUT2D eigenvalue weighted by atomic mass is 9.92. The number of allylic oxidation sites excluding steroid dienone is 1. The van der Waals surface area contributed by atoms with Gasteiger partial charge in [0.1, 0.15) is 5.75 Å². The summed E-state index contributed by atoms with van der Waals surface area (Å²) in [4.78, 5) is 11.0. The molecule has 0 aromatic heterocycles. The second kappa shape index (κ2) is 6.84. The summed E-state index contributed by atoms with van der Waals surface area (Å²) >= 11 is 0. The lowest BCUT2D eigenvalue weighted by Crippen LogP contribution is -2.18. The number of benzene rings is 1. The molecule has 0 aliphatic rings. The highest BCUT2D eigenvalue weighted by atomic mass is 16.5. The molecule has 0 spiro atoms. The molecule has 0 aliphatic heterocycles. The van der Waals surface area contributed by atoms with Crippen molar-refractivity contribution in [2.45, 2.75) is 20.3 Å². The Balaban J connectivity index is 2.60. The quantitative estimate of drug-likeness (QED) is 0.838. The number of hydrogen-bond donors (Lipinski definition) is 1. The summed E-state index contributed by atoms with van der Waals surface area (Å²) in [6.07, 6.45) is 4.41. The maximum atomic E-state index is 11.0. The topological polar surface area (TPSA) is 46.5 Å². The van der Waals surface area contributed by atoms with Crippen LogP contribution in [-0.4, -0.2) is 18.2 Å². The molecule has 1 aromatic rings. The van der Waals surface area contributed by atoms with E-state index < -0.39 is 5.97 Å². The van der Waals surface area contributed by atoms with E-state index in [1.54, 1.807) is 7.11 Å².